The van der Waals surface area contributed by atoms with Crippen molar-refractivity contribution in [1.29, 1.82) is 0 Å². The molecule has 0 aromatic carbocycles. The molecule has 3 heteroatoms. The van der Waals surface area contributed by atoms with E-state index in [4.69, 9.17) is 4.74 Å². The van der Waals surface area contributed by atoms with E-state index in [-0.39, 0.29) is 0 Å². The zero-order valence-corrected chi connectivity index (χ0v) is 11.4. The highest BCUT2D eigenvalue weighted by atomic mass is 16.6. The van der Waals surface area contributed by atoms with Crippen molar-refractivity contribution in [2.75, 3.05) is 0 Å². The van der Waals surface area contributed by atoms with Gasteiger partial charge in [0.25, 0.3) is 0 Å². The van der Waals surface area contributed by atoms with Gasteiger partial charge in [-0.2, -0.15) is 0 Å². The van der Waals surface area contributed by atoms with E-state index in [2.05, 4.69) is 6.92 Å². The topological polar surface area (TPSA) is 46.5 Å². The first-order chi connectivity index (χ1) is 8.06. The fourth-order valence-corrected chi connectivity index (χ4v) is 1.56. The van der Waals surface area contributed by atoms with Gasteiger partial charge in [-0.15, -0.1) is 0 Å². The summed E-state index contributed by atoms with van der Waals surface area (Å²) in [4.78, 5) is 11.2. The maximum absolute atomic E-state index is 11.2. The van der Waals surface area contributed by atoms with Crippen molar-refractivity contribution in [2.24, 2.45) is 0 Å². The van der Waals surface area contributed by atoms with Crippen LogP contribution in [0.1, 0.15) is 65.7 Å². The molecule has 0 bridgehead atoms. The molecule has 0 spiro atoms. The number of allylic oxidation sites excluding steroid dienone is 1. The maximum atomic E-state index is 11.2. The predicted molar refractivity (Wildman–Crippen MR) is 69.5 cm³/mol. The van der Waals surface area contributed by atoms with Gasteiger partial charge in [0.1, 0.15) is 0 Å². The second kappa shape index (κ2) is 10.3. The minimum atomic E-state index is -0.954. The van der Waals surface area contributed by atoms with E-state index in [1.54, 1.807) is 0 Å². The molecule has 0 fully saturated rings. The third kappa shape index (κ3) is 11.4. The van der Waals surface area contributed by atoms with Gasteiger partial charge in [-0.1, -0.05) is 44.6 Å². The first kappa shape index (κ1) is 16.2. The van der Waals surface area contributed by atoms with Crippen LogP contribution in [0.2, 0.25) is 0 Å². The van der Waals surface area contributed by atoms with Crippen molar-refractivity contribution in [1.82, 2.24) is 0 Å². The molecule has 0 aliphatic rings. The van der Waals surface area contributed by atoms with E-state index in [9.17, 15) is 9.90 Å². The van der Waals surface area contributed by atoms with Crippen LogP contribution in [-0.4, -0.2) is 17.4 Å². The molecule has 1 unspecified atom stereocenters. The number of rotatable bonds is 9. The molecule has 0 amide bonds. The summed E-state index contributed by atoms with van der Waals surface area (Å²) in [5.41, 5.74) is 0.877. The molecule has 3 nitrogen and oxygen atoms in total. The number of aliphatic hydroxyl groups is 1. The molecule has 0 radical (unpaired) electrons. The highest BCUT2D eigenvalue weighted by molar-refractivity contribution is 5.82. The molecule has 0 saturated heterocycles. The van der Waals surface area contributed by atoms with E-state index < -0.39 is 12.3 Å². The average Bonchev–Trinajstić information content (AvgIpc) is 2.21. The summed E-state index contributed by atoms with van der Waals surface area (Å²) in [6.45, 7) is 5.83. The van der Waals surface area contributed by atoms with Crippen LogP contribution in [0.3, 0.4) is 0 Å². The lowest BCUT2D eigenvalue weighted by atomic mass is 10.1. The third-order valence-corrected chi connectivity index (χ3v) is 2.46. The molecule has 0 rings (SSSR count). The number of ether oxygens (including phenoxy) is 1. The monoisotopic (exact) mass is 242 g/mol. The fraction of sp³-hybridized carbons (Fsp3) is 0.786. The molecule has 0 aromatic heterocycles. The fourth-order valence-electron chi connectivity index (χ4n) is 1.56. The quantitative estimate of drug-likeness (QED) is 0.291. The summed E-state index contributed by atoms with van der Waals surface area (Å²) >= 11 is 0. The Labute approximate surface area is 105 Å². The highest BCUT2D eigenvalue weighted by Crippen LogP contribution is 2.09. The molecular formula is C14H26O3. The minimum Gasteiger partial charge on any atom is -0.433 e. The number of carbonyl (C=O) groups excluding carboxylic acids is 1. The molecule has 0 saturated carbocycles. The number of carbonyl (C=O) groups is 1. The molecule has 100 valence electrons. The lowest BCUT2D eigenvalue weighted by molar-refractivity contribution is -0.162. The first-order valence-electron chi connectivity index (χ1n) is 6.59. The van der Waals surface area contributed by atoms with E-state index in [0.29, 0.717) is 6.42 Å². The van der Waals surface area contributed by atoms with Gasteiger partial charge >= 0.3 is 5.97 Å². The van der Waals surface area contributed by atoms with Crippen molar-refractivity contribution < 1.29 is 14.6 Å². The molecule has 0 aliphatic heterocycles. The van der Waals surface area contributed by atoms with Crippen LogP contribution in [0.5, 0.6) is 0 Å². The van der Waals surface area contributed by atoms with Gasteiger partial charge in [0, 0.05) is 12.5 Å². The van der Waals surface area contributed by atoms with Gasteiger partial charge in [-0.3, -0.25) is 0 Å². The normalized spacial score (nSPS) is 12.0. The summed E-state index contributed by atoms with van der Waals surface area (Å²) in [7, 11) is 0. The predicted octanol–water partition coefficient (Wildman–Crippen LogP) is 3.56. The Morgan fingerprint density at radius 1 is 1.18 bits per heavy atom. The Morgan fingerprint density at radius 3 is 2.35 bits per heavy atom. The van der Waals surface area contributed by atoms with Gasteiger partial charge in [0.05, 0.1) is 0 Å². The molecule has 1 N–H and O–H groups in total. The van der Waals surface area contributed by atoms with Crippen LogP contribution in [0.4, 0.5) is 0 Å². The Balaban J connectivity index is 3.49. The lowest BCUT2D eigenvalue weighted by Gasteiger charge is -2.10. The summed E-state index contributed by atoms with van der Waals surface area (Å²) < 4.78 is 4.83. The van der Waals surface area contributed by atoms with Crippen LogP contribution in [0, 0.1) is 0 Å². The van der Waals surface area contributed by atoms with Crippen molar-refractivity contribution in [3.8, 4) is 0 Å². The number of hydrogen-bond acceptors (Lipinski definition) is 3. The zero-order valence-electron chi connectivity index (χ0n) is 11.4. The molecule has 17 heavy (non-hydrogen) atoms. The molecule has 0 aliphatic carbocycles. The van der Waals surface area contributed by atoms with Gasteiger partial charge in [0.2, 0.25) is 6.29 Å². The Bertz CT molecular complexity index is 230. The number of hydrogen-bond donors (Lipinski definition) is 1. The maximum Gasteiger partial charge on any atom is 0.332 e. The van der Waals surface area contributed by atoms with Gasteiger partial charge in [-0.25, -0.2) is 4.79 Å². The summed E-state index contributed by atoms with van der Waals surface area (Å²) in [5, 5.41) is 9.46. The largest absolute Gasteiger partial charge is 0.433 e. The van der Waals surface area contributed by atoms with E-state index in [0.717, 1.165) is 18.4 Å². The van der Waals surface area contributed by atoms with Crippen molar-refractivity contribution in [3.63, 3.8) is 0 Å². The van der Waals surface area contributed by atoms with Crippen molar-refractivity contribution in [3.05, 3.63) is 11.6 Å². The lowest BCUT2D eigenvalue weighted by Crippen LogP contribution is -2.16. The Morgan fingerprint density at radius 2 is 1.76 bits per heavy atom. The summed E-state index contributed by atoms with van der Waals surface area (Å²) in [6, 6.07) is 0. The Hall–Kier alpha value is -0.830. The van der Waals surface area contributed by atoms with E-state index in [1.807, 2.05) is 13.8 Å². The first-order valence-corrected chi connectivity index (χ1v) is 6.59. The molecule has 0 aromatic rings. The third-order valence-electron chi connectivity index (χ3n) is 2.46. The van der Waals surface area contributed by atoms with Crippen LogP contribution >= 0.6 is 0 Å². The van der Waals surface area contributed by atoms with Crippen LogP contribution in [0.25, 0.3) is 0 Å². The number of esters is 1. The zero-order chi connectivity index (χ0) is 13.1. The van der Waals surface area contributed by atoms with Gasteiger partial charge < -0.3 is 9.84 Å². The summed E-state index contributed by atoms with van der Waals surface area (Å²) in [5.74, 6) is -0.455. The number of unbranched alkanes of at least 4 members (excludes halogenated alkanes) is 5. The SMILES string of the molecule is CCCCCCCCC(O)OC(=O)C=C(C)C. The average molecular weight is 242 g/mol. The van der Waals surface area contributed by atoms with Gasteiger partial charge in [-0.05, 0) is 20.3 Å². The minimum absolute atomic E-state index is 0.455. The van der Waals surface area contributed by atoms with E-state index >= 15 is 0 Å². The molecule has 0 heterocycles. The summed E-state index contributed by atoms with van der Waals surface area (Å²) in [6.07, 6.45) is 7.95. The van der Waals surface area contributed by atoms with Crippen LogP contribution < -0.4 is 0 Å². The second-order valence-electron chi connectivity index (χ2n) is 4.67. The second-order valence-corrected chi connectivity index (χ2v) is 4.67. The number of aliphatic hydroxyl groups excluding tert-OH is 1. The van der Waals surface area contributed by atoms with Crippen molar-refractivity contribution in [2.45, 2.75) is 72.0 Å². The molecule has 1 atom stereocenters. The van der Waals surface area contributed by atoms with Crippen molar-refractivity contribution >= 4 is 5.97 Å². The standard InChI is InChI=1S/C14H26O3/c1-4-5-6-7-8-9-10-13(15)17-14(16)11-12(2)3/h11,13,15H,4-10H2,1-3H3. The van der Waals surface area contributed by atoms with Crippen LogP contribution in [-0.2, 0) is 9.53 Å². The van der Waals surface area contributed by atoms with E-state index in [1.165, 1.54) is 31.8 Å². The Kier molecular flexibility index (Phi) is 9.83. The van der Waals surface area contributed by atoms with Gasteiger partial charge in [0.15, 0.2) is 0 Å². The van der Waals surface area contributed by atoms with Crippen LogP contribution in [0.15, 0.2) is 11.6 Å². The highest BCUT2D eigenvalue weighted by Gasteiger charge is 2.08. The smallest absolute Gasteiger partial charge is 0.332 e. The molecular weight excluding hydrogens is 216 g/mol.